The number of hydrogen-bond acceptors (Lipinski definition) is 5. The normalized spacial score (nSPS) is 12.0. The molecule has 0 N–H and O–H groups in total. The van der Waals surface area contributed by atoms with Gasteiger partial charge in [-0.1, -0.05) is 0 Å². The van der Waals surface area contributed by atoms with Crippen molar-refractivity contribution in [3.05, 3.63) is 44.8 Å². The fraction of sp³-hybridized carbons (Fsp3) is 0.400. The van der Waals surface area contributed by atoms with Gasteiger partial charge < -0.3 is 14.2 Å². The molecule has 0 aliphatic rings. The van der Waals surface area contributed by atoms with Crippen LogP contribution in [0.1, 0.15) is 23.7 Å². The highest BCUT2D eigenvalue weighted by Gasteiger charge is 2.20. The lowest BCUT2D eigenvalue weighted by Gasteiger charge is -2.23. The SMILES string of the molecule is COc1cccn(CC(=O)N(C)[C@@H](C)c2nc(C)cs2)c1=O. The zero-order valence-corrected chi connectivity index (χ0v) is 13.9. The van der Waals surface area contributed by atoms with Crippen LogP contribution in [0, 0.1) is 6.92 Å². The van der Waals surface area contributed by atoms with Gasteiger partial charge in [0, 0.05) is 24.3 Å². The molecule has 2 heterocycles. The van der Waals surface area contributed by atoms with Gasteiger partial charge in [0.25, 0.3) is 5.56 Å². The number of carbonyl (C=O) groups is 1. The van der Waals surface area contributed by atoms with E-state index in [0.29, 0.717) is 0 Å². The maximum absolute atomic E-state index is 12.4. The molecule has 7 heteroatoms. The first-order valence-electron chi connectivity index (χ1n) is 6.85. The molecule has 118 valence electrons. The van der Waals surface area contributed by atoms with Crippen LogP contribution in [0.4, 0.5) is 0 Å². The summed E-state index contributed by atoms with van der Waals surface area (Å²) in [6.07, 6.45) is 1.58. The first-order valence-corrected chi connectivity index (χ1v) is 7.73. The highest BCUT2D eigenvalue weighted by atomic mass is 32.1. The van der Waals surface area contributed by atoms with Crippen LogP contribution in [-0.4, -0.2) is 34.5 Å². The Balaban J connectivity index is 2.13. The standard InChI is InChI=1S/C15H19N3O3S/c1-10-9-22-14(16-10)11(2)17(3)13(19)8-18-7-5-6-12(21-4)15(18)20/h5-7,9,11H,8H2,1-4H3/t11-/m0/s1. The zero-order valence-electron chi connectivity index (χ0n) is 13.1. The average Bonchev–Trinajstić information content (AvgIpc) is 2.94. The lowest BCUT2D eigenvalue weighted by Crippen LogP contribution is -2.35. The quantitative estimate of drug-likeness (QED) is 0.843. The molecule has 0 fully saturated rings. The summed E-state index contributed by atoms with van der Waals surface area (Å²) in [5.74, 6) is 0.0669. The Morgan fingerprint density at radius 2 is 2.27 bits per heavy atom. The van der Waals surface area contributed by atoms with Gasteiger partial charge in [0.2, 0.25) is 5.91 Å². The Morgan fingerprint density at radius 3 is 2.86 bits per heavy atom. The molecule has 0 spiro atoms. The predicted molar refractivity (Wildman–Crippen MR) is 85.3 cm³/mol. The zero-order chi connectivity index (χ0) is 16.3. The van der Waals surface area contributed by atoms with Crippen molar-refractivity contribution >= 4 is 17.2 Å². The van der Waals surface area contributed by atoms with Crippen molar-refractivity contribution in [2.45, 2.75) is 26.4 Å². The van der Waals surface area contributed by atoms with E-state index in [2.05, 4.69) is 4.98 Å². The highest BCUT2D eigenvalue weighted by molar-refractivity contribution is 7.09. The summed E-state index contributed by atoms with van der Waals surface area (Å²) in [7, 11) is 3.15. The Labute approximate surface area is 133 Å². The first kappa shape index (κ1) is 16.2. The van der Waals surface area contributed by atoms with Gasteiger partial charge >= 0.3 is 0 Å². The number of aryl methyl sites for hydroxylation is 1. The Bertz CT molecular complexity index is 723. The fourth-order valence-corrected chi connectivity index (χ4v) is 2.89. The first-order chi connectivity index (χ1) is 10.4. The summed E-state index contributed by atoms with van der Waals surface area (Å²) in [6, 6.07) is 3.13. The van der Waals surface area contributed by atoms with E-state index in [4.69, 9.17) is 4.74 Å². The molecule has 0 saturated carbocycles. The van der Waals surface area contributed by atoms with E-state index >= 15 is 0 Å². The predicted octanol–water partition coefficient (Wildman–Crippen LogP) is 1.84. The number of carbonyl (C=O) groups excluding carboxylic acids is 1. The largest absolute Gasteiger partial charge is 0.491 e. The molecule has 0 aliphatic heterocycles. The average molecular weight is 321 g/mol. The summed E-state index contributed by atoms with van der Waals surface area (Å²) in [5, 5.41) is 2.84. The Hall–Kier alpha value is -2.15. The van der Waals surface area contributed by atoms with Gasteiger partial charge in [-0.3, -0.25) is 9.59 Å². The van der Waals surface area contributed by atoms with Gasteiger partial charge in [-0.25, -0.2) is 4.98 Å². The van der Waals surface area contributed by atoms with E-state index in [9.17, 15) is 9.59 Å². The third-order valence-electron chi connectivity index (χ3n) is 3.48. The van der Waals surface area contributed by atoms with Gasteiger partial charge in [-0.2, -0.15) is 0 Å². The fourth-order valence-electron chi connectivity index (χ4n) is 2.00. The van der Waals surface area contributed by atoms with Crippen molar-refractivity contribution in [1.29, 1.82) is 0 Å². The van der Waals surface area contributed by atoms with Crippen LogP contribution in [0.25, 0.3) is 0 Å². The molecule has 0 radical (unpaired) electrons. The summed E-state index contributed by atoms with van der Waals surface area (Å²) in [4.78, 5) is 30.4. The number of pyridine rings is 1. The van der Waals surface area contributed by atoms with Crippen LogP contribution in [0.15, 0.2) is 28.5 Å². The van der Waals surface area contributed by atoms with Gasteiger partial charge in [-0.15, -0.1) is 11.3 Å². The maximum atomic E-state index is 12.4. The molecule has 0 saturated heterocycles. The number of methoxy groups -OCH3 is 1. The number of rotatable bonds is 5. The second-order valence-corrected chi connectivity index (χ2v) is 5.91. The van der Waals surface area contributed by atoms with E-state index in [1.54, 1.807) is 30.3 Å². The molecule has 0 bridgehead atoms. The molecule has 2 aromatic rings. The number of thiazole rings is 1. The van der Waals surface area contributed by atoms with Crippen molar-refractivity contribution in [2.75, 3.05) is 14.2 Å². The summed E-state index contributed by atoms with van der Waals surface area (Å²) >= 11 is 1.53. The molecule has 1 atom stereocenters. The van der Waals surface area contributed by atoms with Crippen molar-refractivity contribution in [3.8, 4) is 5.75 Å². The number of aromatic nitrogens is 2. The summed E-state index contributed by atoms with van der Waals surface area (Å²) in [5.41, 5.74) is 0.626. The molecular weight excluding hydrogens is 302 g/mol. The molecule has 6 nitrogen and oxygen atoms in total. The molecular formula is C15H19N3O3S. The smallest absolute Gasteiger partial charge is 0.293 e. The minimum atomic E-state index is -0.315. The van der Waals surface area contributed by atoms with Crippen molar-refractivity contribution in [2.24, 2.45) is 0 Å². The van der Waals surface area contributed by atoms with Crippen LogP contribution in [0.2, 0.25) is 0 Å². The lowest BCUT2D eigenvalue weighted by atomic mass is 10.3. The number of likely N-dealkylation sites (N-methyl/N-ethyl adjacent to an activating group) is 1. The number of ether oxygens (including phenoxy) is 1. The minimum absolute atomic E-state index is 0.0266. The molecule has 2 rings (SSSR count). The van der Waals surface area contributed by atoms with Crippen LogP contribution in [0.5, 0.6) is 5.75 Å². The van der Waals surface area contributed by atoms with Crippen LogP contribution in [-0.2, 0) is 11.3 Å². The molecule has 0 aliphatic carbocycles. The molecule has 0 unspecified atom stereocenters. The molecule has 1 amide bonds. The van der Waals surface area contributed by atoms with Gasteiger partial charge in [0.05, 0.1) is 13.2 Å². The maximum Gasteiger partial charge on any atom is 0.293 e. The molecule has 2 aromatic heterocycles. The van der Waals surface area contributed by atoms with Crippen LogP contribution < -0.4 is 10.3 Å². The van der Waals surface area contributed by atoms with E-state index in [1.165, 1.54) is 23.0 Å². The highest BCUT2D eigenvalue weighted by Crippen LogP contribution is 2.22. The Kier molecular flexibility index (Phi) is 4.97. The lowest BCUT2D eigenvalue weighted by molar-refractivity contribution is -0.132. The third kappa shape index (κ3) is 3.36. The van der Waals surface area contributed by atoms with E-state index in [1.807, 2.05) is 19.2 Å². The van der Waals surface area contributed by atoms with Crippen LogP contribution >= 0.6 is 11.3 Å². The number of nitrogens with zero attached hydrogens (tertiary/aromatic N) is 3. The number of amides is 1. The van der Waals surface area contributed by atoms with Gasteiger partial charge in [0.15, 0.2) is 5.75 Å². The van der Waals surface area contributed by atoms with Crippen molar-refractivity contribution in [3.63, 3.8) is 0 Å². The minimum Gasteiger partial charge on any atom is -0.491 e. The number of hydrogen-bond donors (Lipinski definition) is 0. The van der Waals surface area contributed by atoms with Crippen molar-refractivity contribution in [1.82, 2.24) is 14.5 Å². The van der Waals surface area contributed by atoms with Gasteiger partial charge in [0.1, 0.15) is 11.6 Å². The topological polar surface area (TPSA) is 64.4 Å². The summed E-state index contributed by atoms with van der Waals surface area (Å²) < 4.78 is 6.33. The summed E-state index contributed by atoms with van der Waals surface area (Å²) in [6.45, 7) is 3.82. The van der Waals surface area contributed by atoms with Crippen molar-refractivity contribution < 1.29 is 9.53 Å². The van der Waals surface area contributed by atoms with Crippen LogP contribution in [0.3, 0.4) is 0 Å². The van der Waals surface area contributed by atoms with E-state index < -0.39 is 0 Å². The molecule has 22 heavy (non-hydrogen) atoms. The van der Waals surface area contributed by atoms with E-state index in [0.717, 1.165) is 10.7 Å². The van der Waals surface area contributed by atoms with E-state index in [-0.39, 0.29) is 29.8 Å². The second-order valence-electron chi connectivity index (χ2n) is 5.02. The Morgan fingerprint density at radius 1 is 1.55 bits per heavy atom. The second kappa shape index (κ2) is 6.74. The third-order valence-corrected chi connectivity index (χ3v) is 4.61. The van der Waals surface area contributed by atoms with Gasteiger partial charge in [-0.05, 0) is 26.0 Å². The molecule has 0 aromatic carbocycles. The monoisotopic (exact) mass is 321 g/mol.